The van der Waals surface area contributed by atoms with Gasteiger partial charge < -0.3 is 14.9 Å². The molecule has 0 radical (unpaired) electrons. The number of aromatic carboxylic acids is 1. The number of rotatable bonds is 3. The summed E-state index contributed by atoms with van der Waals surface area (Å²) in [7, 11) is 0. The first kappa shape index (κ1) is 14.7. The Morgan fingerprint density at radius 2 is 1.76 bits per heavy atom. The zero-order valence-electron chi connectivity index (χ0n) is 10.4. The summed E-state index contributed by atoms with van der Waals surface area (Å²) in [5, 5.41) is 18.4. The molecule has 0 aliphatic carbocycles. The van der Waals surface area contributed by atoms with Crippen LogP contribution in [0, 0.1) is 0 Å². The zero-order valence-corrected chi connectivity index (χ0v) is 10.4. The van der Waals surface area contributed by atoms with E-state index in [0.717, 1.165) is 18.2 Å². The van der Waals surface area contributed by atoms with Gasteiger partial charge in [-0.1, -0.05) is 12.1 Å². The number of hydrogen-bond acceptors (Lipinski definition) is 3. The topological polar surface area (TPSA) is 66.8 Å². The van der Waals surface area contributed by atoms with Crippen LogP contribution in [0.5, 0.6) is 11.5 Å². The second-order valence-corrected chi connectivity index (χ2v) is 4.15. The number of halogens is 3. The van der Waals surface area contributed by atoms with Crippen LogP contribution in [0.2, 0.25) is 0 Å². The normalized spacial score (nSPS) is 11.2. The molecule has 21 heavy (non-hydrogen) atoms. The Morgan fingerprint density at radius 3 is 2.38 bits per heavy atom. The lowest BCUT2D eigenvalue weighted by molar-refractivity contribution is -0.274. The standard InChI is InChI=1S/C14H9F3O4/c15-14(16,17)21-12-3-1-2-8(7-12)9-4-10(13(19)20)6-11(18)5-9/h1-7,18H,(H,19,20). The van der Waals surface area contributed by atoms with Crippen molar-refractivity contribution in [1.82, 2.24) is 0 Å². The molecular formula is C14H9F3O4. The molecule has 2 rings (SSSR count). The van der Waals surface area contributed by atoms with Crippen molar-refractivity contribution < 1.29 is 32.9 Å². The first-order valence-corrected chi connectivity index (χ1v) is 5.68. The number of phenols is 1. The van der Waals surface area contributed by atoms with Crippen LogP contribution in [0.1, 0.15) is 10.4 Å². The summed E-state index contributed by atoms with van der Waals surface area (Å²) in [6, 6.07) is 8.58. The van der Waals surface area contributed by atoms with E-state index in [1.165, 1.54) is 24.3 Å². The summed E-state index contributed by atoms with van der Waals surface area (Å²) in [5.41, 5.74) is 0.377. The molecule has 0 amide bonds. The van der Waals surface area contributed by atoms with Crippen molar-refractivity contribution in [1.29, 1.82) is 0 Å². The number of phenolic OH excluding ortho intramolecular Hbond substituents is 1. The molecule has 0 saturated heterocycles. The minimum absolute atomic E-state index is 0.174. The molecule has 4 nitrogen and oxygen atoms in total. The molecule has 0 heterocycles. The second-order valence-electron chi connectivity index (χ2n) is 4.15. The average Bonchev–Trinajstić information content (AvgIpc) is 2.36. The lowest BCUT2D eigenvalue weighted by Gasteiger charge is -2.10. The van der Waals surface area contributed by atoms with E-state index in [2.05, 4.69) is 4.74 Å². The number of benzene rings is 2. The molecule has 0 spiro atoms. The summed E-state index contributed by atoms with van der Waals surface area (Å²) >= 11 is 0. The van der Waals surface area contributed by atoms with Crippen LogP contribution in [-0.2, 0) is 0 Å². The molecule has 0 aliphatic heterocycles. The second kappa shape index (κ2) is 5.35. The number of ether oxygens (including phenoxy) is 1. The number of hydrogen-bond donors (Lipinski definition) is 2. The summed E-state index contributed by atoms with van der Waals surface area (Å²) < 4.78 is 40.3. The first-order chi connectivity index (χ1) is 9.74. The molecule has 0 saturated carbocycles. The third kappa shape index (κ3) is 3.88. The summed E-state index contributed by atoms with van der Waals surface area (Å²) in [4.78, 5) is 10.9. The molecule has 0 atom stereocenters. The molecule has 110 valence electrons. The molecule has 0 fully saturated rings. The molecule has 2 aromatic carbocycles. The number of carboxylic acid groups (broad SMARTS) is 1. The van der Waals surface area contributed by atoms with Crippen molar-refractivity contribution >= 4 is 5.97 Å². The van der Waals surface area contributed by atoms with E-state index >= 15 is 0 Å². The minimum Gasteiger partial charge on any atom is -0.508 e. The van der Waals surface area contributed by atoms with Crippen LogP contribution in [-0.4, -0.2) is 22.5 Å². The minimum atomic E-state index is -4.82. The highest BCUT2D eigenvalue weighted by Gasteiger charge is 2.31. The Balaban J connectivity index is 2.42. The largest absolute Gasteiger partial charge is 0.573 e. The maximum Gasteiger partial charge on any atom is 0.573 e. The van der Waals surface area contributed by atoms with E-state index < -0.39 is 18.1 Å². The van der Waals surface area contributed by atoms with Crippen molar-refractivity contribution in [3.05, 3.63) is 48.0 Å². The van der Waals surface area contributed by atoms with Gasteiger partial charge in [0, 0.05) is 0 Å². The molecule has 2 aromatic rings. The highest BCUT2D eigenvalue weighted by Crippen LogP contribution is 2.30. The lowest BCUT2D eigenvalue weighted by atomic mass is 10.0. The van der Waals surface area contributed by atoms with Crippen LogP contribution in [0.3, 0.4) is 0 Å². The van der Waals surface area contributed by atoms with Gasteiger partial charge in [-0.25, -0.2) is 4.79 Å². The van der Waals surface area contributed by atoms with E-state index in [0.29, 0.717) is 0 Å². The van der Waals surface area contributed by atoms with Crippen molar-refractivity contribution in [2.24, 2.45) is 0 Å². The van der Waals surface area contributed by atoms with Crippen molar-refractivity contribution in [2.75, 3.05) is 0 Å². The van der Waals surface area contributed by atoms with Gasteiger partial charge in [-0.15, -0.1) is 13.2 Å². The van der Waals surface area contributed by atoms with Gasteiger partial charge in [0.05, 0.1) is 5.56 Å². The highest BCUT2D eigenvalue weighted by atomic mass is 19.4. The van der Waals surface area contributed by atoms with Gasteiger partial charge in [0.15, 0.2) is 0 Å². The van der Waals surface area contributed by atoms with Gasteiger partial charge in [-0.2, -0.15) is 0 Å². The smallest absolute Gasteiger partial charge is 0.508 e. The van der Waals surface area contributed by atoms with Gasteiger partial charge in [0.25, 0.3) is 0 Å². The molecule has 7 heteroatoms. The summed E-state index contributed by atoms with van der Waals surface area (Å²) in [6.07, 6.45) is -4.82. The maximum absolute atomic E-state index is 12.2. The van der Waals surface area contributed by atoms with E-state index in [1.54, 1.807) is 0 Å². The lowest BCUT2D eigenvalue weighted by Crippen LogP contribution is -2.17. The van der Waals surface area contributed by atoms with Crippen LogP contribution >= 0.6 is 0 Å². The predicted molar refractivity (Wildman–Crippen MR) is 67.2 cm³/mol. The van der Waals surface area contributed by atoms with Gasteiger partial charge in [-0.05, 0) is 41.5 Å². The van der Waals surface area contributed by atoms with Crippen molar-refractivity contribution in [3.63, 3.8) is 0 Å². The summed E-state index contributed by atoms with van der Waals surface area (Å²) in [5.74, 6) is -1.98. The predicted octanol–water partition coefficient (Wildman–Crippen LogP) is 3.66. The van der Waals surface area contributed by atoms with E-state index in [4.69, 9.17) is 5.11 Å². The number of alkyl halides is 3. The fraction of sp³-hybridized carbons (Fsp3) is 0.0714. The highest BCUT2D eigenvalue weighted by molar-refractivity contribution is 5.90. The molecule has 0 bridgehead atoms. The van der Waals surface area contributed by atoms with Crippen LogP contribution in [0.15, 0.2) is 42.5 Å². The van der Waals surface area contributed by atoms with Crippen molar-refractivity contribution in [2.45, 2.75) is 6.36 Å². The Morgan fingerprint density at radius 1 is 1.05 bits per heavy atom. The molecule has 0 unspecified atom stereocenters. The Hall–Kier alpha value is -2.70. The van der Waals surface area contributed by atoms with Gasteiger partial charge in [0.2, 0.25) is 0 Å². The Kier molecular flexibility index (Phi) is 3.75. The van der Waals surface area contributed by atoms with Crippen molar-refractivity contribution in [3.8, 4) is 22.6 Å². The van der Waals surface area contributed by atoms with Gasteiger partial charge in [-0.3, -0.25) is 0 Å². The maximum atomic E-state index is 12.2. The SMILES string of the molecule is O=C(O)c1cc(O)cc(-c2cccc(OC(F)(F)F)c2)c1. The first-order valence-electron chi connectivity index (χ1n) is 5.68. The van der Waals surface area contributed by atoms with E-state index in [9.17, 15) is 23.1 Å². The van der Waals surface area contributed by atoms with Crippen LogP contribution in [0.4, 0.5) is 13.2 Å². The average molecular weight is 298 g/mol. The third-order valence-corrected chi connectivity index (χ3v) is 2.57. The molecular weight excluding hydrogens is 289 g/mol. The quantitative estimate of drug-likeness (QED) is 0.907. The van der Waals surface area contributed by atoms with Crippen LogP contribution < -0.4 is 4.74 Å². The van der Waals surface area contributed by atoms with Gasteiger partial charge in [0.1, 0.15) is 11.5 Å². The zero-order chi connectivity index (χ0) is 15.6. The number of carboxylic acids is 1. The number of carbonyl (C=O) groups is 1. The Labute approximate surface area is 117 Å². The molecule has 0 aliphatic rings. The van der Waals surface area contributed by atoms with E-state index in [1.807, 2.05) is 0 Å². The third-order valence-electron chi connectivity index (χ3n) is 2.57. The van der Waals surface area contributed by atoms with Gasteiger partial charge >= 0.3 is 12.3 Å². The number of aromatic hydroxyl groups is 1. The fourth-order valence-electron chi connectivity index (χ4n) is 1.77. The fourth-order valence-corrected chi connectivity index (χ4v) is 1.77. The monoisotopic (exact) mass is 298 g/mol. The van der Waals surface area contributed by atoms with E-state index in [-0.39, 0.29) is 22.4 Å². The summed E-state index contributed by atoms with van der Waals surface area (Å²) in [6.45, 7) is 0. The molecule has 2 N–H and O–H groups in total. The molecule has 0 aromatic heterocycles. The van der Waals surface area contributed by atoms with Crippen LogP contribution in [0.25, 0.3) is 11.1 Å². The Bertz CT molecular complexity index is 680.